The minimum Gasteiger partial charge on any atom is -0.341 e. The maximum Gasteiger partial charge on any atom is 0.121 e. The summed E-state index contributed by atoms with van der Waals surface area (Å²) < 4.78 is 0. The van der Waals surface area contributed by atoms with Crippen LogP contribution in [0.5, 0.6) is 0 Å². The lowest BCUT2D eigenvalue weighted by atomic mass is 9.90. The van der Waals surface area contributed by atoms with Crippen LogP contribution in [-0.2, 0) is 26.2 Å². The number of H-pyrrole nitrogens is 1. The highest BCUT2D eigenvalue weighted by Crippen LogP contribution is 2.20. The Morgan fingerprint density at radius 2 is 1.44 bits per heavy atom. The van der Waals surface area contributed by atoms with E-state index >= 15 is 0 Å². The van der Waals surface area contributed by atoms with Gasteiger partial charge in [-0.25, -0.2) is 4.98 Å². The summed E-state index contributed by atoms with van der Waals surface area (Å²) in [7, 11) is 0. The molecule has 4 N–H and O–H groups in total. The summed E-state index contributed by atoms with van der Waals surface area (Å²) in [6, 6.07) is 24.1. The Bertz CT molecular complexity index is 1120. The van der Waals surface area contributed by atoms with Crippen molar-refractivity contribution in [2.45, 2.75) is 63.9 Å². The minimum absolute atomic E-state index is 0.469. The molecule has 0 radical (unpaired) electrons. The van der Waals surface area contributed by atoms with Gasteiger partial charge in [-0.05, 0) is 48.2 Å². The average molecular weight is 455 g/mol. The Hall–Kier alpha value is -3.06. The van der Waals surface area contributed by atoms with Gasteiger partial charge >= 0.3 is 0 Å². The maximum atomic E-state index is 4.72. The number of hydrogen-bond donors (Lipinski definition) is 4. The molecule has 2 aromatic carbocycles. The topological polar surface area (TPSA) is 77.7 Å². The molecule has 5 rings (SSSR count). The molecule has 1 saturated carbocycles. The number of para-hydroxylation sites is 2. The lowest BCUT2D eigenvalue weighted by molar-refractivity contribution is 0.280. The molecule has 1 aliphatic carbocycles. The van der Waals surface area contributed by atoms with Crippen LogP contribution in [0, 0.1) is 0 Å². The number of aromatic amines is 1. The van der Waals surface area contributed by atoms with Crippen molar-refractivity contribution >= 4 is 11.0 Å². The molecule has 4 aromatic rings. The van der Waals surface area contributed by atoms with Gasteiger partial charge in [-0.15, -0.1) is 0 Å². The number of pyridine rings is 1. The zero-order chi connectivity index (χ0) is 23.0. The van der Waals surface area contributed by atoms with Gasteiger partial charge in [-0.3, -0.25) is 4.98 Å². The maximum absolute atomic E-state index is 4.72. The third kappa shape index (κ3) is 6.08. The highest BCUT2D eigenvalue weighted by Gasteiger charge is 2.24. The Labute approximate surface area is 201 Å². The summed E-state index contributed by atoms with van der Waals surface area (Å²) >= 11 is 0. The number of rotatable bonds is 10. The van der Waals surface area contributed by atoms with E-state index in [1.54, 1.807) is 0 Å². The molecule has 0 bridgehead atoms. The van der Waals surface area contributed by atoms with Gasteiger partial charge in [0.05, 0.1) is 23.3 Å². The monoisotopic (exact) mass is 454 g/mol. The zero-order valence-electron chi connectivity index (χ0n) is 19.6. The molecule has 2 atom stereocenters. The number of aromatic nitrogens is 3. The molecule has 0 unspecified atom stereocenters. The van der Waals surface area contributed by atoms with Crippen molar-refractivity contribution in [2.24, 2.45) is 0 Å². The highest BCUT2D eigenvalue weighted by atomic mass is 15.1. The van der Waals surface area contributed by atoms with Gasteiger partial charge in [-0.2, -0.15) is 0 Å². The predicted octanol–water partition coefficient (Wildman–Crippen LogP) is 4.44. The van der Waals surface area contributed by atoms with Crippen molar-refractivity contribution < 1.29 is 0 Å². The van der Waals surface area contributed by atoms with E-state index in [-0.39, 0.29) is 0 Å². The quantitative estimate of drug-likeness (QED) is 0.285. The van der Waals surface area contributed by atoms with Crippen LogP contribution < -0.4 is 16.0 Å². The van der Waals surface area contributed by atoms with Crippen molar-refractivity contribution in [1.29, 1.82) is 0 Å². The van der Waals surface area contributed by atoms with Gasteiger partial charge < -0.3 is 20.9 Å². The van der Waals surface area contributed by atoms with Crippen LogP contribution in [0.15, 0.2) is 72.9 Å². The number of nitrogens with one attached hydrogen (secondary N) is 4. The molecule has 0 spiro atoms. The largest absolute Gasteiger partial charge is 0.341 e. The van der Waals surface area contributed by atoms with Crippen molar-refractivity contribution in [3.63, 3.8) is 0 Å². The Kier molecular flexibility index (Phi) is 7.60. The smallest absolute Gasteiger partial charge is 0.121 e. The summed E-state index contributed by atoms with van der Waals surface area (Å²) in [5.41, 5.74) is 5.83. The van der Waals surface area contributed by atoms with Crippen molar-refractivity contribution in [3.05, 3.63) is 95.6 Å². The van der Waals surface area contributed by atoms with Crippen molar-refractivity contribution in [3.8, 4) is 0 Å². The Morgan fingerprint density at radius 1 is 0.735 bits per heavy atom. The van der Waals surface area contributed by atoms with Gasteiger partial charge in [0.15, 0.2) is 0 Å². The summed E-state index contributed by atoms with van der Waals surface area (Å²) in [6.45, 7) is 3.31. The van der Waals surface area contributed by atoms with E-state index in [0.29, 0.717) is 12.1 Å². The second-order valence-corrected chi connectivity index (χ2v) is 9.20. The first-order valence-electron chi connectivity index (χ1n) is 12.4. The predicted molar refractivity (Wildman–Crippen MR) is 137 cm³/mol. The molecule has 0 amide bonds. The number of fused-ring (bicyclic) bond motifs is 1. The second kappa shape index (κ2) is 11.4. The first kappa shape index (κ1) is 22.7. The van der Waals surface area contributed by atoms with Crippen molar-refractivity contribution in [2.75, 3.05) is 0 Å². The first-order chi connectivity index (χ1) is 16.8. The number of hydrogen-bond acceptors (Lipinski definition) is 5. The molecule has 0 aliphatic heterocycles. The van der Waals surface area contributed by atoms with E-state index < -0.39 is 0 Å². The summed E-state index contributed by atoms with van der Waals surface area (Å²) in [4.78, 5) is 12.5. The van der Waals surface area contributed by atoms with Gasteiger partial charge in [0.1, 0.15) is 5.82 Å². The normalized spacial score (nSPS) is 18.4. The van der Waals surface area contributed by atoms with Crippen LogP contribution in [0.1, 0.15) is 48.3 Å². The molecular weight excluding hydrogens is 420 g/mol. The molecule has 1 fully saturated rings. The van der Waals surface area contributed by atoms with Crippen LogP contribution in [-0.4, -0.2) is 27.0 Å². The van der Waals surface area contributed by atoms with Gasteiger partial charge in [0, 0.05) is 37.9 Å². The zero-order valence-corrected chi connectivity index (χ0v) is 19.6. The summed E-state index contributed by atoms with van der Waals surface area (Å²) in [6.07, 6.45) is 6.84. The number of imidazole rings is 1. The molecule has 176 valence electrons. The molecule has 2 aromatic heterocycles. The Morgan fingerprint density at radius 3 is 2.18 bits per heavy atom. The molecule has 0 saturated heterocycles. The van der Waals surface area contributed by atoms with E-state index in [2.05, 4.69) is 62.3 Å². The highest BCUT2D eigenvalue weighted by molar-refractivity contribution is 5.74. The average Bonchev–Trinajstić information content (AvgIpc) is 3.31. The van der Waals surface area contributed by atoms with Gasteiger partial charge in [-0.1, -0.05) is 55.3 Å². The first-order valence-corrected chi connectivity index (χ1v) is 12.4. The fraction of sp³-hybridized carbons (Fsp3) is 0.357. The number of benzene rings is 2. The van der Waals surface area contributed by atoms with E-state index in [1.807, 2.05) is 36.5 Å². The van der Waals surface area contributed by atoms with Gasteiger partial charge in [0.2, 0.25) is 0 Å². The second-order valence-electron chi connectivity index (χ2n) is 9.20. The van der Waals surface area contributed by atoms with Crippen molar-refractivity contribution in [1.82, 2.24) is 30.9 Å². The lowest BCUT2D eigenvalue weighted by Crippen LogP contribution is -2.49. The summed E-state index contributed by atoms with van der Waals surface area (Å²) in [5, 5.41) is 11.0. The fourth-order valence-corrected chi connectivity index (χ4v) is 4.80. The molecule has 6 nitrogen and oxygen atoms in total. The lowest BCUT2D eigenvalue weighted by Gasteiger charge is -2.33. The van der Waals surface area contributed by atoms with Crippen LogP contribution in [0.3, 0.4) is 0 Å². The third-order valence-electron chi connectivity index (χ3n) is 6.69. The third-order valence-corrected chi connectivity index (χ3v) is 6.69. The van der Waals surface area contributed by atoms with Crippen LogP contribution in [0.4, 0.5) is 0 Å². The molecule has 2 heterocycles. The SMILES string of the molecule is c1ccc(CNCc2ccc(CN[C@@H]3CCCC[C@@H]3NCc3nc4ccccc4[nH]3)cc2)nc1. The van der Waals surface area contributed by atoms with Gasteiger partial charge in [0.25, 0.3) is 0 Å². The fourth-order valence-electron chi connectivity index (χ4n) is 4.80. The van der Waals surface area contributed by atoms with E-state index in [1.165, 1.54) is 36.8 Å². The molecule has 6 heteroatoms. The summed E-state index contributed by atoms with van der Waals surface area (Å²) in [5.74, 6) is 1.01. The van der Waals surface area contributed by atoms with E-state index in [9.17, 15) is 0 Å². The van der Waals surface area contributed by atoms with Crippen LogP contribution >= 0.6 is 0 Å². The molecule has 1 aliphatic rings. The van der Waals surface area contributed by atoms with E-state index in [0.717, 1.165) is 48.7 Å². The van der Waals surface area contributed by atoms with Crippen LogP contribution in [0.25, 0.3) is 11.0 Å². The standard InChI is InChI=1S/C28H34N6/c1-2-9-25(32-20-28-33-26-10-3-4-11-27(26)34-28)24(8-1)31-18-22-14-12-21(13-15-22)17-29-19-23-7-5-6-16-30-23/h3-7,10-16,24-25,29,31-32H,1-2,8-9,17-20H2,(H,33,34)/t24-,25+/m1/s1. The van der Waals surface area contributed by atoms with Crippen LogP contribution in [0.2, 0.25) is 0 Å². The van der Waals surface area contributed by atoms with E-state index in [4.69, 9.17) is 4.98 Å². The Balaban J connectivity index is 1.09. The molecule has 34 heavy (non-hydrogen) atoms. The molecular formula is C28H34N6. The minimum atomic E-state index is 0.469. The number of nitrogens with zero attached hydrogens (tertiary/aromatic N) is 2.